The Kier molecular flexibility index (Phi) is 3.27. The van der Waals surface area contributed by atoms with Gasteiger partial charge in [-0.1, -0.05) is 32.0 Å². The van der Waals surface area contributed by atoms with Crippen molar-refractivity contribution in [3.63, 3.8) is 0 Å². The monoisotopic (exact) mass is 219 g/mol. The first kappa shape index (κ1) is 11.2. The molecule has 1 aromatic carbocycles. The van der Waals surface area contributed by atoms with E-state index >= 15 is 0 Å². The quantitative estimate of drug-likeness (QED) is 0.830. The number of hydrogen-bond acceptors (Lipinski definition) is 3. The molecule has 1 aromatic heterocycles. The molecule has 2 rings (SSSR count). The van der Waals surface area contributed by atoms with Gasteiger partial charge in [0.15, 0.2) is 0 Å². The van der Waals surface area contributed by atoms with E-state index in [4.69, 9.17) is 4.42 Å². The summed E-state index contributed by atoms with van der Waals surface area (Å²) >= 11 is 0. The Bertz CT molecular complexity index is 462. The van der Waals surface area contributed by atoms with E-state index < -0.39 is 6.10 Å². The summed E-state index contributed by atoms with van der Waals surface area (Å²) in [6.45, 7) is 4.65. The second-order valence-electron chi connectivity index (χ2n) is 4.27. The van der Waals surface area contributed by atoms with Gasteiger partial charge in [0, 0.05) is 23.5 Å². The van der Waals surface area contributed by atoms with Crippen molar-refractivity contribution in [2.75, 3.05) is 6.54 Å². The zero-order chi connectivity index (χ0) is 11.5. The summed E-state index contributed by atoms with van der Waals surface area (Å²) in [5.41, 5.74) is 1.67. The predicted octanol–water partition coefficient (Wildman–Crippen LogP) is 2.46. The third-order valence-corrected chi connectivity index (χ3v) is 2.59. The average Bonchev–Trinajstić information content (AvgIpc) is 2.69. The van der Waals surface area contributed by atoms with E-state index in [2.05, 4.69) is 19.2 Å². The third-order valence-electron chi connectivity index (χ3n) is 2.59. The standard InChI is InChI=1S/C13H17NO2/c1-9(2)14-7-12(15)11-8-16-13-6-4-3-5-10(11)13/h3-6,8-9,12,14-15H,7H2,1-2H3/t12-/m1/s1. The molecule has 0 fully saturated rings. The van der Waals surface area contributed by atoms with Crippen LogP contribution in [0.3, 0.4) is 0 Å². The molecule has 0 unspecified atom stereocenters. The molecule has 0 bridgehead atoms. The summed E-state index contributed by atoms with van der Waals surface area (Å²) in [6, 6.07) is 8.11. The minimum atomic E-state index is -0.522. The third kappa shape index (κ3) is 2.26. The Balaban J connectivity index is 2.19. The fourth-order valence-electron chi connectivity index (χ4n) is 1.71. The number of fused-ring (bicyclic) bond motifs is 1. The van der Waals surface area contributed by atoms with E-state index in [-0.39, 0.29) is 0 Å². The van der Waals surface area contributed by atoms with Crippen molar-refractivity contribution in [3.05, 3.63) is 36.1 Å². The average molecular weight is 219 g/mol. The molecule has 1 atom stereocenters. The maximum Gasteiger partial charge on any atom is 0.134 e. The van der Waals surface area contributed by atoms with Crippen LogP contribution in [0.1, 0.15) is 25.5 Å². The Hall–Kier alpha value is -1.32. The van der Waals surface area contributed by atoms with Gasteiger partial charge in [-0.3, -0.25) is 0 Å². The number of furan rings is 1. The minimum Gasteiger partial charge on any atom is -0.464 e. The van der Waals surface area contributed by atoms with E-state index in [1.807, 2.05) is 24.3 Å². The van der Waals surface area contributed by atoms with Gasteiger partial charge in [0.1, 0.15) is 5.58 Å². The van der Waals surface area contributed by atoms with Crippen LogP contribution in [0.2, 0.25) is 0 Å². The van der Waals surface area contributed by atoms with E-state index in [1.54, 1.807) is 6.26 Å². The van der Waals surface area contributed by atoms with Crippen LogP contribution >= 0.6 is 0 Å². The summed E-state index contributed by atoms with van der Waals surface area (Å²) in [4.78, 5) is 0. The summed E-state index contributed by atoms with van der Waals surface area (Å²) in [7, 11) is 0. The zero-order valence-electron chi connectivity index (χ0n) is 9.60. The van der Waals surface area contributed by atoms with Gasteiger partial charge in [-0.2, -0.15) is 0 Å². The molecule has 2 N–H and O–H groups in total. The second kappa shape index (κ2) is 4.68. The lowest BCUT2D eigenvalue weighted by Gasteiger charge is -2.12. The van der Waals surface area contributed by atoms with Gasteiger partial charge < -0.3 is 14.8 Å². The van der Waals surface area contributed by atoms with Gasteiger partial charge in [-0.15, -0.1) is 0 Å². The molecule has 0 spiro atoms. The smallest absolute Gasteiger partial charge is 0.134 e. The SMILES string of the molecule is CC(C)NC[C@@H](O)c1coc2ccccc12. The fraction of sp³-hybridized carbons (Fsp3) is 0.385. The van der Waals surface area contributed by atoms with E-state index in [0.717, 1.165) is 16.5 Å². The Labute approximate surface area is 95.1 Å². The van der Waals surface area contributed by atoms with Crippen molar-refractivity contribution < 1.29 is 9.52 Å². The lowest BCUT2D eigenvalue weighted by Crippen LogP contribution is -2.27. The summed E-state index contributed by atoms with van der Waals surface area (Å²) < 4.78 is 5.39. The molecule has 3 heteroatoms. The van der Waals surface area contributed by atoms with Crippen molar-refractivity contribution in [1.82, 2.24) is 5.32 Å². The predicted molar refractivity (Wildman–Crippen MR) is 64.3 cm³/mol. The number of benzene rings is 1. The molecule has 2 aromatic rings. The largest absolute Gasteiger partial charge is 0.464 e. The van der Waals surface area contributed by atoms with Gasteiger partial charge in [-0.05, 0) is 6.07 Å². The highest BCUT2D eigenvalue weighted by Crippen LogP contribution is 2.25. The summed E-state index contributed by atoms with van der Waals surface area (Å²) in [5, 5.41) is 14.2. The van der Waals surface area contributed by atoms with Crippen molar-refractivity contribution >= 4 is 11.0 Å². The fourth-order valence-corrected chi connectivity index (χ4v) is 1.71. The Morgan fingerprint density at radius 3 is 2.81 bits per heavy atom. The molecule has 0 aliphatic rings. The van der Waals surface area contributed by atoms with E-state index in [1.165, 1.54) is 0 Å². The molecule has 86 valence electrons. The Morgan fingerprint density at radius 2 is 2.06 bits per heavy atom. The molecule has 3 nitrogen and oxygen atoms in total. The lowest BCUT2D eigenvalue weighted by molar-refractivity contribution is 0.172. The lowest BCUT2D eigenvalue weighted by atomic mass is 10.1. The van der Waals surface area contributed by atoms with Crippen LogP contribution < -0.4 is 5.32 Å². The molecule has 0 aliphatic carbocycles. The maximum atomic E-state index is 10.0. The number of rotatable bonds is 4. The number of para-hydroxylation sites is 1. The molecular formula is C13H17NO2. The highest BCUT2D eigenvalue weighted by Gasteiger charge is 2.13. The van der Waals surface area contributed by atoms with E-state index in [9.17, 15) is 5.11 Å². The molecule has 16 heavy (non-hydrogen) atoms. The highest BCUT2D eigenvalue weighted by atomic mass is 16.3. The number of nitrogens with one attached hydrogen (secondary N) is 1. The molecule has 0 amide bonds. The van der Waals surface area contributed by atoms with Crippen molar-refractivity contribution in [3.8, 4) is 0 Å². The van der Waals surface area contributed by atoms with Crippen LogP contribution in [-0.2, 0) is 0 Å². The first-order valence-corrected chi connectivity index (χ1v) is 5.56. The number of aliphatic hydroxyl groups excluding tert-OH is 1. The number of aliphatic hydroxyl groups is 1. The van der Waals surface area contributed by atoms with Gasteiger partial charge in [-0.25, -0.2) is 0 Å². The molecule has 0 aliphatic heterocycles. The van der Waals surface area contributed by atoms with Crippen molar-refractivity contribution in [1.29, 1.82) is 0 Å². The number of hydrogen-bond donors (Lipinski definition) is 2. The zero-order valence-corrected chi connectivity index (χ0v) is 9.60. The van der Waals surface area contributed by atoms with Crippen LogP contribution in [-0.4, -0.2) is 17.7 Å². The van der Waals surface area contributed by atoms with Gasteiger partial charge >= 0.3 is 0 Å². The van der Waals surface area contributed by atoms with Crippen LogP contribution in [0.15, 0.2) is 34.9 Å². The molecule has 0 saturated carbocycles. The Morgan fingerprint density at radius 1 is 1.31 bits per heavy atom. The van der Waals surface area contributed by atoms with Gasteiger partial charge in [0.05, 0.1) is 12.4 Å². The highest BCUT2D eigenvalue weighted by molar-refractivity contribution is 5.81. The molecule has 0 saturated heterocycles. The molecule has 0 radical (unpaired) electrons. The van der Waals surface area contributed by atoms with E-state index in [0.29, 0.717) is 12.6 Å². The molecular weight excluding hydrogens is 202 g/mol. The van der Waals surface area contributed by atoms with Crippen molar-refractivity contribution in [2.24, 2.45) is 0 Å². The first-order chi connectivity index (χ1) is 7.68. The van der Waals surface area contributed by atoms with Crippen LogP contribution in [0, 0.1) is 0 Å². The second-order valence-corrected chi connectivity index (χ2v) is 4.27. The van der Waals surface area contributed by atoms with Gasteiger partial charge in [0.2, 0.25) is 0 Å². The van der Waals surface area contributed by atoms with Crippen LogP contribution in [0.4, 0.5) is 0 Å². The topological polar surface area (TPSA) is 45.4 Å². The normalized spacial score (nSPS) is 13.5. The maximum absolute atomic E-state index is 10.0. The van der Waals surface area contributed by atoms with Gasteiger partial charge in [0.25, 0.3) is 0 Å². The summed E-state index contributed by atoms with van der Waals surface area (Å²) in [6.07, 6.45) is 1.11. The first-order valence-electron chi connectivity index (χ1n) is 5.56. The minimum absolute atomic E-state index is 0.368. The van der Waals surface area contributed by atoms with Crippen LogP contribution in [0.25, 0.3) is 11.0 Å². The van der Waals surface area contributed by atoms with Crippen molar-refractivity contribution in [2.45, 2.75) is 26.0 Å². The van der Waals surface area contributed by atoms with Crippen LogP contribution in [0.5, 0.6) is 0 Å². The molecule has 1 heterocycles. The summed E-state index contributed by atoms with van der Waals surface area (Å²) in [5.74, 6) is 0.